The molecule has 0 radical (unpaired) electrons. The number of thiazole rings is 1. The molecule has 7 nitrogen and oxygen atoms in total. The van der Waals surface area contributed by atoms with Crippen LogP contribution in [0.1, 0.15) is 71.0 Å². The van der Waals surface area contributed by atoms with Crippen molar-refractivity contribution >= 4 is 29.2 Å². The summed E-state index contributed by atoms with van der Waals surface area (Å²) in [6.45, 7) is 8.64. The number of aromatic nitrogens is 1. The molecular formula is C26H39FN2O5S. The Morgan fingerprint density at radius 3 is 2.66 bits per heavy atom. The summed E-state index contributed by atoms with van der Waals surface area (Å²) in [6, 6.07) is 0. The van der Waals surface area contributed by atoms with Crippen LogP contribution in [0.25, 0.3) is 6.08 Å². The summed E-state index contributed by atoms with van der Waals surface area (Å²) in [7, 11) is 0. The number of aliphatic hydroxyl groups is 2. The van der Waals surface area contributed by atoms with Gasteiger partial charge in [-0.25, -0.2) is 9.37 Å². The Labute approximate surface area is 211 Å². The van der Waals surface area contributed by atoms with E-state index in [-0.39, 0.29) is 24.8 Å². The molecule has 0 bridgehead atoms. The van der Waals surface area contributed by atoms with Crippen molar-refractivity contribution in [3.8, 4) is 0 Å². The molecule has 1 aliphatic heterocycles. The highest BCUT2D eigenvalue weighted by molar-refractivity contribution is 7.09. The molecule has 0 aliphatic carbocycles. The lowest BCUT2D eigenvalue weighted by Crippen LogP contribution is -2.49. The summed E-state index contributed by atoms with van der Waals surface area (Å²) in [5.74, 6) is -5.03. The van der Waals surface area contributed by atoms with Gasteiger partial charge in [-0.1, -0.05) is 39.3 Å². The van der Waals surface area contributed by atoms with Crippen molar-refractivity contribution in [2.45, 2.75) is 79.1 Å². The second-order valence-corrected chi connectivity index (χ2v) is 11.0. The highest BCUT2D eigenvalue weighted by Crippen LogP contribution is 2.37. The van der Waals surface area contributed by atoms with Crippen LogP contribution in [0.3, 0.4) is 0 Å². The molecule has 0 amide bonds. The number of nitrogens with two attached hydrogens (primary N) is 1. The van der Waals surface area contributed by atoms with Gasteiger partial charge in [0.15, 0.2) is 0 Å². The largest absolute Gasteiger partial charge is 0.465 e. The van der Waals surface area contributed by atoms with Crippen LogP contribution in [0.4, 0.5) is 4.39 Å². The van der Waals surface area contributed by atoms with Gasteiger partial charge in [0.25, 0.3) is 0 Å². The number of hydrogen-bond acceptors (Lipinski definition) is 8. The second kappa shape index (κ2) is 12.9. The zero-order valence-electron chi connectivity index (χ0n) is 21.3. The first-order valence-electron chi connectivity index (χ1n) is 12.1. The maximum absolute atomic E-state index is 15.5. The van der Waals surface area contributed by atoms with Crippen molar-refractivity contribution in [1.82, 2.24) is 4.98 Å². The van der Waals surface area contributed by atoms with Crippen LogP contribution in [-0.4, -0.2) is 45.8 Å². The average Bonchev–Trinajstić information content (AvgIpc) is 3.27. The topological polar surface area (TPSA) is 123 Å². The number of carbonyl (C=O) groups excluding carboxylic acids is 2. The normalized spacial score (nSPS) is 31.5. The zero-order valence-corrected chi connectivity index (χ0v) is 22.1. The molecule has 196 valence electrons. The molecule has 0 saturated heterocycles. The van der Waals surface area contributed by atoms with E-state index in [1.54, 1.807) is 12.3 Å². The number of carbonyl (C=O) groups is 2. The molecule has 0 spiro atoms. The number of nitrogens with zero attached hydrogens (tertiary/aromatic N) is 1. The number of Topliss-reactive ketones (excluding diaryl/α,β-unsaturated/α-hetero) is 1. The van der Waals surface area contributed by atoms with Crippen LogP contribution in [0.2, 0.25) is 0 Å². The number of aliphatic hydroxyl groups excluding tert-OH is 2. The van der Waals surface area contributed by atoms with Gasteiger partial charge in [0.2, 0.25) is 0 Å². The van der Waals surface area contributed by atoms with Crippen LogP contribution < -0.4 is 5.73 Å². The van der Waals surface area contributed by atoms with E-state index in [0.29, 0.717) is 11.4 Å². The van der Waals surface area contributed by atoms with Crippen molar-refractivity contribution in [3.63, 3.8) is 0 Å². The molecule has 0 saturated carbocycles. The Bertz CT molecular complexity index is 942. The second-order valence-electron chi connectivity index (χ2n) is 10.1. The molecule has 5 unspecified atom stereocenters. The van der Waals surface area contributed by atoms with Gasteiger partial charge in [0, 0.05) is 17.8 Å². The number of ether oxygens (including phenoxy) is 1. The molecule has 4 N–H and O–H groups in total. The van der Waals surface area contributed by atoms with E-state index in [2.05, 4.69) is 4.98 Å². The van der Waals surface area contributed by atoms with E-state index < -0.39 is 47.0 Å². The Morgan fingerprint density at radius 1 is 1.34 bits per heavy atom. The summed E-state index contributed by atoms with van der Waals surface area (Å²) >= 11 is 1.25. The first-order chi connectivity index (χ1) is 16.4. The Balaban J connectivity index is 2.46. The summed E-state index contributed by atoms with van der Waals surface area (Å²) < 4.78 is 20.8. The molecular weight excluding hydrogens is 471 g/mol. The summed E-state index contributed by atoms with van der Waals surface area (Å²) in [4.78, 5) is 30.6. The standard InChI is InChI=1S/C26H39FN2O5S/c1-15-8-6-10-16(2)22(30)17(3)23(31)26(4,5)24(32)21(25(33)34-11-7-9-15)19(27)12-18-14-35-20(13-28)29-18/h9,12,14,16-17,21-22,24,30,32H,6-8,10-11,13,28H2,1-5H3/b15-9-,19-12?. The number of hydrogen-bond donors (Lipinski definition) is 3. The van der Waals surface area contributed by atoms with Crippen LogP contribution >= 0.6 is 11.3 Å². The lowest BCUT2D eigenvalue weighted by atomic mass is 9.70. The maximum atomic E-state index is 15.5. The fourth-order valence-corrected chi connectivity index (χ4v) is 5.07. The van der Waals surface area contributed by atoms with Crippen LogP contribution in [0.5, 0.6) is 0 Å². The van der Waals surface area contributed by atoms with Crippen molar-refractivity contribution in [2.24, 2.45) is 28.9 Å². The van der Waals surface area contributed by atoms with Gasteiger partial charge < -0.3 is 20.7 Å². The van der Waals surface area contributed by atoms with Crippen LogP contribution in [0, 0.1) is 23.2 Å². The van der Waals surface area contributed by atoms with Crippen LogP contribution in [-0.2, 0) is 20.9 Å². The zero-order chi connectivity index (χ0) is 26.3. The monoisotopic (exact) mass is 510 g/mol. The van der Waals surface area contributed by atoms with E-state index in [0.717, 1.165) is 30.9 Å². The maximum Gasteiger partial charge on any atom is 0.318 e. The minimum atomic E-state index is -1.73. The predicted molar refractivity (Wildman–Crippen MR) is 135 cm³/mol. The first-order valence-corrected chi connectivity index (χ1v) is 13.0. The minimum absolute atomic E-state index is 0.0284. The van der Waals surface area contributed by atoms with Gasteiger partial charge in [0.1, 0.15) is 22.5 Å². The smallest absolute Gasteiger partial charge is 0.318 e. The van der Waals surface area contributed by atoms with Crippen molar-refractivity contribution in [2.75, 3.05) is 6.61 Å². The van der Waals surface area contributed by atoms with Gasteiger partial charge in [-0.2, -0.15) is 0 Å². The number of ketones is 1. The summed E-state index contributed by atoms with van der Waals surface area (Å²) in [6.07, 6.45) is 3.26. The molecule has 2 heterocycles. The van der Waals surface area contributed by atoms with Gasteiger partial charge in [-0.05, 0) is 44.6 Å². The quantitative estimate of drug-likeness (QED) is 0.412. The number of esters is 1. The fraction of sp³-hybridized carbons (Fsp3) is 0.654. The van der Waals surface area contributed by atoms with Crippen molar-refractivity contribution in [1.29, 1.82) is 0 Å². The third-order valence-electron chi connectivity index (χ3n) is 6.87. The van der Waals surface area contributed by atoms with E-state index in [4.69, 9.17) is 10.5 Å². The molecule has 1 aromatic heterocycles. The Kier molecular flexibility index (Phi) is 10.8. The van der Waals surface area contributed by atoms with E-state index in [9.17, 15) is 19.8 Å². The molecule has 2 rings (SSSR count). The third kappa shape index (κ3) is 7.52. The third-order valence-corrected chi connectivity index (χ3v) is 7.75. The molecule has 35 heavy (non-hydrogen) atoms. The predicted octanol–water partition coefficient (Wildman–Crippen LogP) is 4.18. The van der Waals surface area contributed by atoms with Gasteiger partial charge in [-0.15, -0.1) is 11.3 Å². The highest BCUT2D eigenvalue weighted by atomic mass is 32.1. The lowest BCUT2D eigenvalue weighted by molar-refractivity contribution is -0.158. The molecule has 0 fully saturated rings. The van der Waals surface area contributed by atoms with Crippen LogP contribution in [0.15, 0.2) is 22.9 Å². The summed E-state index contributed by atoms with van der Waals surface area (Å²) in [5.41, 5.74) is 5.43. The first kappa shape index (κ1) is 29.3. The molecule has 1 aliphatic rings. The van der Waals surface area contributed by atoms with Crippen molar-refractivity contribution in [3.05, 3.63) is 33.6 Å². The van der Waals surface area contributed by atoms with Crippen molar-refractivity contribution < 1.29 is 28.9 Å². The van der Waals surface area contributed by atoms with Gasteiger partial charge in [-0.3, -0.25) is 9.59 Å². The average molecular weight is 511 g/mol. The molecule has 1 aromatic rings. The Morgan fingerprint density at radius 2 is 2.03 bits per heavy atom. The van der Waals surface area contributed by atoms with E-state index in [1.807, 2.05) is 19.9 Å². The number of rotatable bonds is 3. The molecule has 9 heteroatoms. The van der Waals surface area contributed by atoms with Gasteiger partial charge in [0.05, 0.1) is 29.9 Å². The highest BCUT2D eigenvalue weighted by Gasteiger charge is 2.48. The molecule has 5 atom stereocenters. The number of cyclic esters (lactones) is 1. The number of halogens is 1. The molecule has 0 aromatic carbocycles. The van der Waals surface area contributed by atoms with E-state index >= 15 is 4.39 Å². The summed E-state index contributed by atoms with van der Waals surface area (Å²) in [5, 5.41) is 24.3. The Hall–Kier alpha value is -1.94. The number of allylic oxidation sites excluding steroid dienone is 1. The van der Waals surface area contributed by atoms with E-state index in [1.165, 1.54) is 25.2 Å². The van der Waals surface area contributed by atoms with Gasteiger partial charge >= 0.3 is 5.97 Å². The lowest BCUT2D eigenvalue weighted by Gasteiger charge is -2.37. The minimum Gasteiger partial charge on any atom is -0.465 e. The fourth-order valence-electron chi connectivity index (χ4n) is 4.44. The SMILES string of the molecule is C/C1=C/CCOC(=O)C(C(F)=Cc2csc(CN)n2)C(O)C(C)(C)C(=O)C(C)C(O)C(C)CCC1.